The molecule has 1 aliphatic rings. The van der Waals surface area contributed by atoms with Crippen LogP contribution in [-0.2, 0) is 4.79 Å². The van der Waals surface area contributed by atoms with Crippen molar-refractivity contribution in [3.63, 3.8) is 0 Å². The first-order valence-corrected chi connectivity index (χ1v) is 8.39. The van der Waals surface area contributed by atoms with Gasteiger partial charge in [-0.15, -0.1) is 0 Å². The van der Waals surface area contributed by atoms with Crippen LogP contribution >= 0.6 is 24.0 Å². The number of rotatable bonds is 4. The number of nitrogens with zero attached hydrogens (tertiary/aromatic N) is 2. The highest BCUT2D eigenvalue weighted by atomic mass is 32.2. The number of thiocarbonyl (C=S) groups is 1. The number of ether oxygens (including phenoxy) is 1. The first-order valence-electron chi connectivity index (χ1n) is 7.16. The lowest BCUT2D eigenvalue weighted by Crippen LogP contribution is -2.27. The number of amides is 1. The number of thioether (sulfide) groups is 1. The molecule has 25 heavy (non-hydrogen) atoms. The summed E-state index contributed by atoms with van der Waals surface area (Å²) in [6, 6.07) is 13.2. The molecule has 1 amide bonds. The molecule has 6 nitrogen and oxygen atoms in total. The van der Waals surface area contributed by atoms with Crippen LogP contribution in [0.3, 0.4) is 0 Å². The molecule has 3 rings (SSSR count). The maximum atomic E-state index is 12.7. The lowest BCUT2D eigenvalue weighted by atomic mass is 10.1. The van der Waals surface area contributed by atoms with Gasteiger partial charge >= 0.3 is 0 Å². The van der Waals surface area contributed by atoms with Crippen molar-refractivity contribution in [2.75, 3.05) is 12.0 Å². The van der Waals surface area contributed by atoms with E-state index in [0.29, 0.717) is 26.2 Å². The highest BCUT2D eigenvalue weighted by Gasteiger charge is 2.34. The van der Waals surface area contributed by atoms with Gasteiger partial charge in [-0.05, 0) is 24.3 Å². The summed E-state index contributed by atoms with van der Waals surface area (Å²) in [5, 5.41) is 11.1. The minimum atomic E-state index is -0.478. The predicted molar refractivity (Wildman–Crippen MR) is 102 cm³/mol. The molecule has 0 N–H and O–H groups in total. The van der Waals surface area contributed by atoms with E-state index in [2.05, 4.69) is 0 Å². The molecule has 1 aliphatic heterocycles. The van der Waals surface area contributed by atoms with Crippen LogP contribution in [0.15, 0.2) is 53.4 Å². The molecule has 0 spiro atoms. The van der Waals surface area contributed by atoms with E-state index >= 15 is 0 Å². The fourth-order valence-electron chi connectivity index (χ4n) is 2.36. The van der Waals surface area contributed by atoms with Crippen molar-refractivity contribution in [1.29, 1.82) is 0 Å². The Kier molecular flexibility index (Phi) is 4.82. The number of carbonyl (C=O) groups is 1. The van der Waals surface area contributed by atoms with Crippen molar-refractivity contribution in [2.24, 2.45) is 0 Å². The summed E-state index contributed by atoms with van der Waals surface area (Å²) in [6.07, 6.45) is 1.50. The zero-order chi connectivity index (χ0) is 18.0. The van der Waals surface area contributed by atoms with E-state index in [-0.39, 0.29) is 11.6 Å². The van der Waals surface area contributed by atoms with Gasteiger partial charge in [0.1, 0.15) is 5.75 Å². The largest absolute Gasteiger partial charge is 0.497 e. The molecule has 1 fully saturated rings. The van der Waals surface area contributed by atoms with E-state index in [0.717, 1.165) is 11.8 Å². The number of nitro benzene ring substituents is 1. The first-order chi connectivity index (χ1) is 12.0. The van der Waals surface area contributed by atoms with Crippen LogP contribution < -0.4 is 9.64 Å². The number of benzene rings is 2. The Morgan fingerprint density at radius 1 is 1.24 bits per heavy atom. The summed E-state index contributed by atoms with van der Waals surface area (Å²) < 4.78 is 5.54. The minimum absolute atomic E-state index is 0.0610. The van der Waals surface area contributed by atoms with Crippen LogP contribution in [0.5, 0.6) is 5.75 Å². The van der Waals surface area contributed by atoms with Gasteiger partial charge in [0.2, 0.25) is 0 Å². The third kappa shape index (κ3) is 3.40. The van der Waals surface area contributed by atoms with Gasteiger partial charge < -0.3 is 4.74 Å². The Labute approximate surface area is 153 Å². The number of para-hydroxylation sites is 1. The van der Waals surface area contributed by atoms with E-state index in [4.69, 9.17) is 17.0 Å². The van der Waals surface area contributed by atoms with Gasteiger partial charge in [-0.3, -0.25) is 19.8 Å². The van der Waals surface area contributed by atoms with Gasteiger partial charge in [0, 0.05) is 12.1 Å². The summed E-state index contributed by atoms with van der Waals surface area (Å²) in [6.45, 7) is 0. The van der Waals surface area contributed by atoms with Gasteiger partial charge in [-0.1, -0.05) is 42.2 Å². The monoisotopic (exact) mass is 372 g/mol. The van der Waals surface area contributed by atoms with E-state index in [1.807, 2.05) is 0 Å². The Morgan fingerprint density at radius 3 is 2.72 bits per heavy atom. The number of nitro groups is 1. The molecule has 0 saturated carbocycles. The molecule has 2 aromatic rings. The van der Waals surface area contributed by atoms with E-state index in [9.17, 15) is 14.9 Å². The fourth-order valence-corrected chi connectivity index (χ4v) is 3.65. The van der Waals surface area contributed by atoms with Gasteiger partial charge in [0.05, 0.1) is 28.2 Å². The second-order valence-electron chi connectivity index (χ2n) is 5.03. The van der Waals surface area contributed by atoms with Crippen molar-refractivity contribution in [3.8, 4) is 5.75 Å². The number of carbonyl (C=O) groups excluding carboxylic acids is 1. The molecule has 0 aliphatic carbocycles. The fraction of sp³-hybridized carbons (Fsp3) is 0.0588. The highest BCUT2D eigenvalue weighted by molar-refractivity contribution is 8.27. The standard InChI is InChI=1S/C17H12N2O4S2/c1-23-13-7-4-6-12(10-13)18-16(20)15(25-17(18)24)9-11-5-2-3-8-14(11)19(21)22/h2-10H,1H3/b15-9-. The summed E-state index contributed by atoms with van der Waals surface area (Å²) >= 11 is 6.42. The lowest BCUT2D eigenvalue weighted by Gasteiger charge is -2.15. The van der Waals surface area contributed by atoms with Crippen molar-refractivity contribution in [1.82, 2.24) is 0 Å². The molecule has 1 saturated heterocycles. The molecule has 0 aromatic heterocycles. The Balaban J connectivity index is 1.98. The zero-order valence-electron chi connectivity index (χ0n) is 13.0. The minimum Gasteiger partial charge on any atom is -0.497 e. The van der Waals surface area contributed by atoms with Crippen molar-refractivity contribution in [3.05, 3.63) is 69.1 Å². The number of methoxy groups -OCH3 is 1. The van der Waals surface area contributed by atoms with Crippen molar-refractivity contribution >= 4 is 51.7 Å². The molecular formula is C17H12N2O4S2. The van der Waals surface area contributed by atoms with Crippen LogP contribution in [0.2, 0.25) is 0 Å². The van der Waals surface area contributed by atoms with E-state index in [1.54, 1.807) is 42.5 Å². The second-order valence-corrected chi connectivity index (χ2v) is 6.71. The average molecular weight is 372 g/mol. The third-order valence-electron chi connectivity index (χ3n) is 3.53. The topological polar surface area (TPSA) is 72.7 Å². The van der Waals surface area contributed by atoms with Gasteiger partial charge in [0.25, 0.3) is 11.6 Å². The molecular weight excluding hydrogens is 360 g/mol. The van der Waals surface area contributed by atoms with Gasteiger partial charge in [-0.25, -0.2) is 0 Å². The van der Waals surface area contributed by atoms with Crippen LogP contribution in [0.25, 0.3) is 6.08 Å². The predicted octanol–water partition coefficient (Wildman–Crippen LogP) is 4.01. The van der Waals surface area contributed by atoms with Crippen LogP contribution in [0.4, 0.5) is 11.4 Å². The normalized spacial score (nSPS) is 15.7. The van der Waals surface area contributed by atoms with Crippen molar-refractivity contribution in [2.45, 2.75) is 0 Å². The number of anilines is 1. The average Bonchev–Trinajstić information content (AvgIpc) is 2.89. The van der Waals surface area contributed by atoms with Crippen LogP contribution in [0, 0.1) is 10.1 Å². The maximum Gasteiger partial charge on any atom is 0.276 e. The zero-order valence-corrected chi connectivity index (χ0v) is 14.7. The Morgan fingerprint density at radius 2 is 2.00 bits per heavy atom. The molecule has 0 bridgehead atoms. The summed E-state index contributed by atoms with van der Waals surface area (Å²) in [5.41, 5.74) is 0.889. The second kappa shape index (κ2) is 7.04. The van der Waals surface area contributed by atoms with E-state index in [1.165, 1.54) is 24.2 Å². The lowest BCUT2D eigenvalue weighted by molar-refractivity contribution is -0.385. The van der Waals surface area contributed by atoms with Crippen LogP contribution in [0.1, 0.15) is 5.56 Å². The van der Waals surface area contributed by atoms with E-state index < -0.39 is 4.92 Å². The smallest absolute Gasteiger partial charge is 0.276 e. The first kappa shape index (κ1) is 17.1. The summed E-state index contributed by atoms with van der Waals surface area (Å²) in [7, 11) is 1.54. The maximum absolute atomic E-state index is 12.7. The highest BCUT2D eigenvalue weighted by Crippen LogP contribution is 2.37. The quantitative estimate of drug-likeness (QED) is 0.349. The SMILES string of the molecule is COc1cccc(N2C(=O)/C(=C/c3ccccc3[N+](=O)[O-])SC2=S)c1. The number of hydrogen-bond donors (Lipinski definition) is 0. The molecule has 0 atom stereocenters. The van der Waals surface area contributed by atoms with Gasteiger partial charge in [0.15, 0.2) is 4.32 Å². The molecule has 2 aromatic carbocycles. The number of hydrogen-bond acceptors (Lipinski definition) is 6. The molecule has 1 heterocycles. The molecule has 126 valence electrons. The van der Waals surface area contributed by atoms with Crippen LogP contribution in [-0.4, -0.2) is 22.3 Å². The molecule has 8 heteroatoms. The molecule has 0 unspecified atom stereocenters. The third-order valence-corrected chi connectivity index (χ3v) is 4.83. The summed E-state index contributed by atoms with van der Waals surface area (Å²) in [4.78, 5) is 25.1. The van der Waals surface area contributed by atoms with Crippen molar-refractivity contribution < 1.29 is 14.5 Å². The van der Waals surface area contributed by atoms with Gasteiger partial charge in [-0.2, -0.15) is 0 Å². The molecule has 0 radical (unpaired) electrons. The Bertz CT molecular complexity index is 911. The summed E-state index contributed by atoms with van der Waals surface area (Å²) in [5.74, 6) is 0.288. The Hall–Kier alpha value is -2.71.